The van der Waals surface area contributed by atoms with Crippen LogP contribution in [0, 0.1) is 11.6 Å². The second kappa shape index (κ2) is 9.00. The Labute approximate surface area is 200 Å². The van der Waals surface area contributed by atoms with Crippen LogP contribution in [-0.2, 0) is 0 Å². The van der Waals surface area contributed by atoms with Crippen LogP contribution in [0.1, 0.15) is 29.2 Å². The van der Waals surface area contributed by atoms with E-state index in [0.29, 0.717) is 11.1 Å². The van der Waals surface area contributed by atoms with Crippen LogP contribution in [0.15, 0.2) is 109 Å². The molecule has 4 aromatic rings. The third-order valence-corrected chi connectivity index (χ3v) is 11.6. The van der Waals surface area contributed by atoms with Crippen molar-refractivity contribution in [2.75, 3.05) is 0 Å². The Balaban J connectivity index is 1.98. The third kappa shape index (κ3) is 3.57. The maximum atomic E-state index is 15.4. The molecule has 0 N–H and O–H groups in total. The number of rotatable bonds is 5. The van der Waals surface area contributed by atoms with E-state index < -0.39 is 8.07 Å². The lowest BCUT2D eigenvalue weighted by Gasteiger charge is -2.30. The van der Waals surface area contributed by atoms with E-state index in [-0.39, 0.29) is 11.6 Å². The van der Waals surface area contributed by atoms with Gasteiger partial charge in [-0.05, 0) is 44.8 Å². The molecule has 0 saturated carbocycles. The predicted octanol–water partition coefficient (Wildman–Crippen LogP) is 8.68. The smallest absolute Gasteiger partial charge is 0.130 e. The van der Waals surface area contributed by atoms with E-state index in [0.717, 1.165) is 38.7 Å². The molecule has 5 rings (SSSR count). The van der Waals surface area contributed by atoms with Crippen LogP contribution in [-0.4, -0.2) is 8.07 Å². The van der Waals surface area contributed by atoms with Gasteiger partial charge in [0.15, 0.2) is 0 Å². The van der Waals surface area contributed by atoms with E-state index >= 15 is 8.78 Å². The molecule has 0 atom stereocenters. The molecular formula is C31H26F2Si. The normalized spacial score (nSPS) is 15.2. The Bertz CT molecular complexity index is 1300. The first kappa shape index (κ1) is 22.2. The zero-order valence-corrected chi connectivity index (χ0v) is 20.4. The quantitative estimate of drug-likeness (QED) is 0.259. The predicted molar refractivity (Wildman–Crippen MR) is 141 cm³/mol. The van der Waals surface area contributed by atoms with Crippen molar-refractivity contribution in [1.82, 2.24) is 0 Å². The summed E-state index contributed by atoms with van der Waals surface area (Å²) in [6, 6.07) is 35.2. The fourth-order valence-electron chi connectivity index (χ4n) is 5.26. The average Bonchev–Trinajstić information content (AvgIpc) is 3.15. The Morgan fingerprint density at radius 2 is 0.882 bits per heavy atom. The van der Waals surface area contributed by atoms with Gasteiger partial charge < -0.3 is 0 Å². The highest BCUT2D eigenvalue weighted by atomic mass is 28.3. The first-order chi connectivity index (χ1) is 16.6. The average molecular weight is 465 g/mol. The monoisotopic (exact) mass is 464 g/mol. The van der Waals surface area contributed by atoms with Gasteiger partial charge in [0.1, 0.15) is 19.7 Å². The lowest BCUT2D eigenvalue weighted by molar-refractivity contribution is 0.624. The summed E-state index contributed by atoms with van der Waals surface area (Å²) in [5.41, 5.74) is 5.34. The van der Waals surface area contributed by atoms with Crippen molar-refractivity contribution in [1.29, 1.82) is 0 Å². The molecule has 0 fully saturated rings. The van der Waals surface area contributed by atoms with Gasteiger partial charge in [-0.2, -0.15) is 0 Å². The molecule has 0 aliphatic carbocycles. The molecule has 168 valence electrons. The van der Waals surface area contributed by atoms with Crippen molar-refractivity contribution in [3.8, 4) is 0 Å². The molecule has 1 aliphatic rings. The Hall–Kier alpha value is -3.56. The summed E-state index contributed by atoms with van der Waals surface area (Å²) >= 11 is 0. The van der Waals surface area contributed by atoms with Crippen molar-refractivity contribution in [2.45, 2.75) is 19.5 Å². The lowest BCUT2D eigenvalue weighted by atomic mass is 9.89. The summed E-state index contributed by atoms with van der Waals surface area (Å²) in [4.78, 5) is 0. The highest BCUT2D eigenvalue weighted by molar-refractivity contribution is 7.13. The first-order valence-corrected chi connectivity index (χ1v) is 14.4. The Morgan fingerprint density at radius 3 is 1.24 bits per heavy atom. The summed E-state index contributed by atoms with van der Waals surface area (Å²) in [6.45, 7) is 4.42. The summed E-state index contributed by atoms with van der Waals surface area (Å²) in [6.07, 6.45) is 0. The van der Waals surface area contributed by atoms with Gasteiger partial charge in [-0.1, -0.05) is 117 Å². The topological polar surface area (TPSA) is 0 Å². The van der Waals surface area contributed by atoms with E-state index in [2.05, 4.69) is 37.7 Å². The zero-order valence-electron chi connectivity index (χ0n) is 19.4. The minimum Gasteiger partial charge on any atom is -0.206 e. The fraction of sp³-hybridized carbons (Fsp3) is 0.0968. The van der Waals surface area contributed by atoms with Crippen molar-refractivity contribution in [2.24, 2.45) is 0 Å². The van der Waals surface area contributed by atoms with Gasteiger partial charge in [0.2, 0.25) is 0 Å². The van der Waals surface area contributed by atoms with Crippen LogP contribution < -0.4 is 0 Å². The van der Waals surface area contributed by atoms with Crippen LogP contribution in [0.3, 0.4) is 0 Å². The lowest BCUT2D eigenvalue weighted by Crippen LogP contribution is -2.32. The standard InChI is InChI=1S/C31H26F2Si/c1-3-34(2)30(24-18-10-12-20-26(24)32)28(22-14-6-4-7-15-22)29(23-16-8-5-9-17-23)31(34)25-19-11-13-21-27(25)33/h4-21H,3H2,1-2H3. The minimum absolute atomic E-state index is 0.236. The van der Waals surface area contributed by atoms with Crippen molar-refractivity contribution in [3.63, 3.8) is 0 Å². The van der Waals surface area contributed by atoms with Crippen LogP contribution >= 0.6 is 0 Å². The SMILES string of the molecule is CC[Si]1(C)C(c2ccccc2F)=C(c2ccccc2)C(c2ccccc2)=C1c1ccccc1F. The molecule has 1 aliphatic heterocycles. The van der Waals surface area contributed by atoms with Gasteiger partial charge in [-0.25, -0.2) is 8.78 Å². The molecular weight excluding hydrogens is 438 g/mol. The molecule has 4 aromatic carbocycles. The highest BCUT2D eigenvalue weighted by Gasteiger charge is 2.47. The maximum Gasteiger partial charge on any atom is 0.130 e. The molecule has 0 unspecified atom stereocenters. The summed E-state index contributed by atoms with van der Waals surface area (Å²) < 4.78 is 30.9. The molecule has 3 heteroatoms. The summed E-state index contributed by atoms with van der Waals surface area (Å²) in [5, 5.41) is 2.08. The number of hydrogen-bond donors (Lipinski definition) is 0. The third-order valence-electron chi connectivity index (χ3n) is 6.97. The largest absolute Gasteiger partial charge is 0.206 e. The second-order valence-electron chi connectivity index (χ2n) is 8.88. The minimum atomic E-state index is -2.58. The van der Waals surface area contributed by atoms with E-state index in [1.165, 1.54) is 12.1 Å². The van der Waals surface area contributed by atoms with E-state index in [9.17, 15) is 0 Å². The molecule has 0 aromatic heterocycles. The fourth-order valence-corrected chi connectivity index (χ4v) is 9.45. The maximum absolute atomic E-state index is 15.4. The van der Waals surface area contributed by atoms with Gasteiger partial charge in [0.25, 0.3) is 0 Å². The molecule has 0 amide bonds. The van der Waals surface area contributed by atoms with Crippen LogP contribution in [0.5, 0.6) is 0 Å². The van der Waals surface area contributed by atoms with Gasteiger partial charge >= 0.3 is 0 Å². The van der Waals surface area contributed by atoms with Gasteiger partial charge in [-0.3, -0.25) is 0 Å². The van der Waals surface area contributed by atoms with E-state index in [4.69, 9.17) is 0 Å². The highest BCUT2D eigenvalue weighted by Crippen LogP contribution is 2.57. The molecule has 0 saturated heterocycles. The van der Waals surface area contributed by atoms with Crippen LogP contribution in [0.25, 0.3) is 21.5 Å². The second-order valence-corrected chi connectivity index (χ2v) is 13.2. The van der Waals surface area contributed by atoms with Gasteiger partial charge in [0.05, 0.1) is 0 Å². The molecule has 34 heavy (non-hydrogen) atoms. The molecule has 0 spiro atoms. The Kier molecular flexibility index (Phi) is 5.89. The molecule has 1 heterocycles. The number of halogens is 2. The van der Waals surface area contributed by atoms with Gasteiger partial charge in [-0.15, -0.1) is 0 Å². The number of hydrogen-bond acceptors (Lipinski definition) is 0. The molecule has 0 radical (unpaired) electrons. The summed E-state index contributed by atoms with van der Waals surface area (Å²) in [7, 11) is -2.58. The zero-order chi connectivity index (χ0) is 23.7. The van der Waals surface area contributed by atoms with Gasteiger partial charge in [0, 0.05) is 11.1 Å². The molecule has 0 nitrogen and oxygen atoms in total. The van der Waals surface area contributed by atoms with Crippen molar-refractivity contribution >= 4 is 29.6 Å². The van der Waals surface area contributed by atoms with Crippen LogP contribution in [0.2, 0.25) is 12.6 Å². The van der Waals surface area contributed by atoms with Crippen molar-refractivity contribution in [3.05, 3.63) is 143 Å². The number of allylic oxidation sites excluding steroid dienone is 2. The van der Waals surface area contributed by atoms with E-state index in [1.54, 1.807) is 12.1 Å². The van der Waals surface area contributed by atoms with Crippen LogP contribution in [0.4, 0.5) is 8.78 Å². The number of benzene rings is 4. The molecule has 0 bridgehead atoms. The first-order valence-electron chi connectivity index (χ1n) is 11.7. The van der Waals surface area contributed by atoms with E-state index in [1.807, 2.05) is 60.7 Å². The summed E-state index contributed by atoms with van der Waals surface area (Å²) in [5.74, 6) is -0.472. The Morgan fingerprint density at radius 1 is 0.529 bits per heavy atom. The van der Waals surface area contributed by atoms with Crippen molar-refractivity contribution < 1.29 is 8.78 Å².